The maximum absolute atomic E-state index is 13.2. The summed E-state index contributed by atoms with van der Waals surface area (Å²) in [5.41, 5.74) is 10.6. The SMILES string of the molecule is Nc1ccccc1NC(=O)CCCC(=O)Nc1cccc(C2OC(CN3CCC4(CC3)C(=O)NCN4c3ccccc3)CC(c3ccc(CO)cc3)O2)c1. The molecule has 3 fully saturated rings. The van der Waals surface area contributed by atoms with Crippen molar-refractivity contribution in [1.29, 1.82) is 0 Å². The number of hydrogen-bond acceptors (Lipinski definition) is 9. The van der Waals surface area contributed by atoms with Gasteiger partial charge in [-0.2, -0.15) is 0 Å². The molecule has 3 atom stereocenters. The lowest BCUT2D eigenvalue weighted by molar-refractivity contribution is -0.253. The molecule has 7 rings (SSSR count). The van der Waals surface area contributed by atoms with E-state index < -0.39 is 11.8 Å². The second kappa shape index (κ2) is 16.8. The number of aliphatic hydroxyl groups excluding tert-OH is 1. The summed E-state index contributed by atoms with van der Waals surface area (Å²) in [4.78, 5) is 43.2. The van der Waals surface area contributed by atoms with Crippen LogP contribution in [0.2, 0.25) is 0 Å². The number of nitrogens with zero attached hydrogens (tertiary/aromatic N) is 2. The van der Waals surface area contributed by atoms with Gasteiger partial charge in [0.2, 0.25) is 17.7 Å². The highest BCUT2D eigenvalue weighted by atomic mass is 16.7. The van der Waals surface area contributed by atoms with Gasteiger partial charge in [-0.15, -0.1) is 0 Å². The van der Waals surface area contributed by atoms with E-state index in [1.807, 2.05) is 66.7 Å². The average Bonchev–Trinajstić information content (AvgIpc) is 3.51. The summed E-state index contributed by atoms with van der Waals surface area (Å²) in [6, 6.07) is 32.4. The van der Waals surface area contributed by atoms with Crippen LogP contribution in [-0.2, 0) is 30.5 Å². The van der Waals surface area contributed by atoms with Crippen molar-refractivity contribution in [2.75, 3.05) is 47.6 Å². The van der Waals surface area contributed by atoms with Crippen molar-refractivity contribution in [3.63, 3.8) is 0 Å². The molecule has 1 spiro atoms. The van der Waals surface area contributed by atoms with E-state index in [0.29, 0.717) is 56.0 Å². The second-order valence-corrected chi connectivity index (χ2v) is 14.3. The first-order chi connectivity index (χ1) is 26.3. The van der Waals surface area contributed by atoms with Gasteiger partial charge in [0.25, 0.3) is 0 Å². The summed E-state index contributed by atoms with van der Waals surface area (Å²) < 4.78 is 13.2. The topological polar surface area (TPSA) is 158 Å². The maximum Gasteiger partial charge on any atom is 0.247 e. The third-order valence-corrected chi connectivity index (χ3v) is 10.7. The van der Waals surface area contributed by atoms with Crippen molar-refractivity contribution >= 4 is 40.5 Å². The minimum absolute atomic E-state index is 0.0368. The Morgan fingerprint density at radius 1 is 0.852 bits per heavy atom. The van der Waals surface area contributed by atoms with E-state index in [4.69, 9.17) is 15.2 Å². The Balaban J connectivity index is 0.988. The number of likely N-dealkylation sites (tertiary alicyclic amines) is 1. The lowest BCUT2D eigenvalue weighted by atomic mass is 9.85. The molecule has 0 radical (unpaired) electrons. The largest absolute Gasteiger partial charge is 0.397 e. The quantitative estimate of drug-likeness (QED) is 0.119. The van der Waals surface area contributed by atoms with Gasteiger partial charge in [0, 0.05) is 55.8 Å². The van der Waals surface area contributed by atoms with Gasteiger partial charge < -0.3 is 46.1 Å². The molecule has 12 heteroatoms. The molecule has 3 unspecified atom stereocenters. The van der Waals surface area contributed by atoms with E-state index in [0.717, 1.165) is 35.5 Å². The lowest BCUT2D eigenvalue weighted by Gasteiger charge is -2.45. The molecular formula is C42H48N6O6. The summed E-state index contributed by atoms with van der Waals surface area (Å²) in [6.45, 7) is 2.65. The minimum Gasteiger partial charge on any atom is -0.397 e. The molecule has 0 aromatic heterocycles. The monoisotopic (exact) mass is 732 g/mol. The third kappa shape index (κ3) is 8.58. The Kier molecular flexibility index (Phi) is 11.5. The number of carbonyl (C=O) groups excluding carboxylic acids is 3. The van der Waals surface area contributed by atoms with Crippen LogP contribution in [0.3, 0.4) is 0 Å². The number of rotatable bonds is 12. The van der Waals surface area contributed by atoms with Crippen molar-refractivity contribution < 1.29 is 29.0 Å². The van der Waals surface area contributed by atoms with Crippen molar-refractivity contribution in [3.8, 4) is 0 Å². The molecule has 12 nitrogen and oxygen atoms in total. The maximum atomic E-state index is 13.2. The molecule has 4 aromatic carbocycles. The van der Waals surface area contributed by atoms with Crippen LogP contribution in [0.5, 0.6) is 0 Å². The van der Waals surface area contributed by atoms with E-state index in [1.54, 1.807) is 24.3 Å². The number of carbonyl (C=O) groups is 3. The zero-order valence-electron chi connectivity index (χ0n) is 30.3. The second-order valence-electron chi connectivity index (χ2n) is 14.3. The van der Waals surface area contributed by atoms with Gasteiger partial charge in [0.05, 0.1) is 36.9 Å². The number of aliphatic hydroxyl groups is 1. The number of nitrogen functional groups attached to an aromatic ring is 1. The molecule has 0 saturated carbocycles. The summed E-state index contributed by atoms with van der Waals surface area (Å²) in [6.07, 6.45) is 1.67. The van der Waals surface area contributed by atoms with E-state index >= 15 is 0 Å². The Bertz CT molecular complexity index is 1920. The average molecular weight is 733 g/mol. The van der Waals surface area contributed by atoms with Gasteiger partial charge in [-0.25, -0.2) is 0 Å². The molecule has 0 bridgehead atoms. The van der Waals surface area contributed by atoms with E-state index in [1.165, 1.54) is 0 Å². The van der Waals surface area contributed by atoms with Crippen LogP contribution in [0.25, 0.3) is 0 Å². The Morgan fingerprint density at radius 3 is 2.31 bits per heavy atom. The van der Waals surface area contributed by atoms with Gasteiger partial charge >= 0.3 is 0 Å². The van der Waals surface area contributed by atoms with Gasteiger partial charge in [-0.1, -0.05) is 66.7 Å². The first kappa shape index (κ1) is 37.1. The van der Waals surface area contributed by atoms with E-state index in [-0.39, 0.29) is 49.4 Å². The number of piperidine rings is 1. The van der Waals surface area contributed by atoms with Crippen LogP contribution in [0, 0.1) is 0 Å². The zero-order valence-corrected chi connectivity index (χ0v) is 30.3. The van der Waals surface area contributed by atoms with Gasteiger partial charge in [-0.05, 0) is 66.8 Å². The van der Waals surface area contributed by atoms with Crippen LogP contribution in [0.4, 0.5) is 22.7 Å². The zero-order chi connectivity index (χ0) is 37.5. The van der Waals surface area contributed by atoms with Crippen molar-refractivity contribution in [1.82, 2.24) is 10.2 Å². The van der Waals surface area contributed by atoms with Crippen LogP contribution < -0.4 is 26.6 Å². The fourth-order valence-corrected chi connectivity index (χ4v) is 7.68. The van der Waals surface area contributed by atoms with Gasteiger partial charge in [0.15, 0.2) is 6.29 Å². The van der Waals surface area contributed by atoms with Crippen LogP contribution in [0.1, 0.15) is 67.6 Å². The molecule has 3 amide bonds. The number of para-hydroxylation sites is 3. The smallest absolute Gasteiger partial charge is 0.247 e. The first-order valence-electron chi connectivity index (χ1n) is 18.7. The molecule has 4 aromatic rings. The highest BCUT2D eigenvalue weighted by Gasteiger charge is 2.50. The normalized spacial score (nSPS) is 21.1. The Hall–Kier alpha value is -5.27. The molecule has 282 valence electrons. The fraction of sp³-hybridized carbons (Fsp3) is 0.357. The molecule has 3 aliphatic rings. The predicted octanol–water partition coefficient (Wildman–Crippen LogP) is 5.48. The molecule has 3 aliphatic heterocycles. The standard InChI is InChI=1S/C42H48N6O6/c43-35-12-4-5-13-36(35)46-39(51)15-7-14-38(50)45-32-9-6-8-31(24-32)40-53-34(25-37(54-40)30-18-16-29(27-49)17-19-30)26-47-22-20-42(21-23-47)41(52)44-28-48(42)33-10-2-1-3-11-33/h1-6,8-13,16-19,24,34,37,40,49H,7,14-15,20-23,25-28,43H2,(H,44,52)(H,45,50)(H,46,51). The summed E-state index contributed by atoms with van der Waals surface area (Å²) in [7, 11) is 0. The number of amides is 3. The van der Waals surface area contributed by atoms with Crippen LogP contribution in [-0.4, -0.2) is 65.7 Å². The van der Waals surface area contributed by atoms with Crippen LogP contribution >= 0.6 is 0 Å². The highest BCUT2D eigenvalue weighted by molar-refractivity contribution is 5.95. The number of nitrogens with one attached hydrogen (secondary N) is 3. The van der Waals surface area contributed by atoms with E-state index in [9.17, 15) is 19.5 Å². The molecule has 6 N–H and O–H groups in total. The van der Waals surface area contributed by atoms with Gasteiger partial charge in [0.1, 0.15) is 5.54 Å². The number of benzene rings is 4. The molecule has 0 aliphatic carbocycles. The van der Waals surface area contributed by atoms with Crippen LogP contribution in [0.15, 0.2) is 103 Å². The predicted molar refractivity (Wildman–Crippen MR) is 207 cm³/mol. The van der Waals surface area contributed by atoms with Crippen molar-refractivity contribution in [3.05, 3.63) is 120 Å². The highest BCUT2D eigenvalue weighted by Crippen LogP contribution is 2.40. The van der Waals surface area contributed by atoms with Gasteiger partial charge in [-0.3, -0.25) is 14.4 Å². The number of ether oxygens (including phenoxy) is 2. The summed E-state index contributed by atoms with van der Waals surface area (Å²) >= 11 is 0. The molecular weight excluding hydrogens is 684 g/mol. The fourth-order valence-electron chi connectivity index (χ4n) is 7.68. The number of hydrogen-bond donors (Lipinski definition) is 5. The summed E-state index contributed by atoms with van der Waals surface area (Å²) in [5.74, 6) is -0.313. The lowest BCUT2D eigenvalue weighted by Crippen LogP contribution is -2.57. The Morgan fingerprint density at radius 2 is 1.57 bits per heavy atom. The molecule has 54 heavy (non-hydrogen) atoms. The minimum atomic E-state index is -0.692. The Labute approximate surface area is 315 Å². The first-order valence-corrected chi connectivity index (χ1v) is 18.7. The molecule has 3 heterocycles. The van der Waals surface area contributed by atoms with E-state index in [2.05, 4.69) is 37.9 Å². The van der Waals surface area contributed by atoms with Crippen molar-refractivity contribution in [2.24, 2.45) is 0 Å². The summed E-state index contributed by atoms with van der Waals surface area (Å²) in [5, 5.41) is 18.5. The molecule has 3 saturated heterocycles. The third-order valence-electron chi connectivity index (χ3n) is 10.7. The number of anilines is 4. The van der Waals surface area contributed by atoms with Crippen molar-refractivity contribution in [2.45, 2.75) is 69.2 Å². The number of nitrogens with two attached hydrogens (primary N) is 1.